The predicted molar refractivity (Wildman–Crippen MR) is 109 cm³/mol. The fourth-order valence-electron chi connectivity index (χ4n) is 2.28. The normalized spacial score (nSPS) is 10.6. The van der Waals surface area contributed by atoms with Crippen LogP contribution in [-0.4, -0.2) is 0 Å². The summed E-state index contributed by atoms with van der Waals surface area (Å²) in [6.07, 6.45) is 0. The summed E-state index contributed by atoms with van der Waals surface area (Å²) in [4.78, 5) is 0. The molecule has 21 heavy (non-hydrogen) atoms. The van der Waals surface area contributed by atoms with Crippen LogP contribution < -0.4 is 10.6 Å². The van der Waals surface area contributed by atoms with Crippen LogP contribution in [-0.2, 0) is 0 Å². The average molecular weight is 420 g/mol. The third-order valence-corrected chi connectivity index (χ3v) is 5.07. The molecule has 0 radical (unpaired) electrons. The molecule has 0 spiro atoms. The fourth-order valence-corrected chi connectivity index (χ4v) is 3.93. The quantitative estimate of drug-likeness (QED) is 0.419. The highest BCUT2D eigenvalue weighted by molar-refractivity contribution is 14.1. The van der Waals surface area contributed by atoms with Crippen molar-refractivity contribution in [1.82, 2.24) is 0 Å². The number of benzene rings is 3. The van der Waals surface area contributed by atoms with Gasteiger partial charge in [-0.25, -0.2) is 0 Å². The molecule has 0 amide bonds. The van der Waals surface area contributed by atoms with E-state index in [1.807, 2.05) is 0 Å². The van der Waals surface area contributed by atoms with E-state index in [0.29, 0.717) is 0 Å². The van der Waals surface area contributed by atoms with Gasteiger partial charge < -0.3 is 0 Å². The molecule has 0 aliphatic heterocycles. The van der Waals surface area contributed by atoms with Gasteiger partial charge in [-0.2, -0.15) is 0 Å². The van der Waals surface area contributed by atoms with E-state index in [1.165, 1.54) is 36.4 Å². The lowest BCUT2D eigenvalue weighted by molar-refractivity contribution is 1.58. The summed E-state index contributed by atoms with van der Waals surface area (Å²) in [5.74, 6) is 0. The Labute approximate surface area is 143 Å². The second kappa shape index (κ2) is 6.57. The van der Waals surface area contributed by atoms with Gasteiger partial charge in [0.2, 0.25) is 0 Å². The third-order valence-electron chi connectivity index (χ3n) is 3.43. The Kier molecular flexibility index (Phi) is 4.74. The van der Waals surface area contributed by atoms with Crippen molar-refractivity contribution in [3.63, 3.8) is 0 Å². The smallest absolute Gasteiger partial charge is 0.0214 e. The van der Waals surface area contributed by atoms with E-state index >= 15 is 0 Å². The van der Waals surface area contributed by atoms with Gasteiger partial charge in [-0.15, -0.1) is 18.5 Å². The lowest BCUT2D eigenvalue weighted by atomic mass is 10.0. The van der Waals surface area contributed by atoms with E-state index in [4.69, 9.17) is 0 Å². The Morgan fingerprint density at radius 3 is 1.62 bits per heavy atom. The minimum absolute atomic E-state index is 1.21. The summed E-state index contributed by atoms with van der Waals surface area (Å²) in [5.41, 5.74) is 5.05. The summed E-state index contributed by atoms with van der Waals surface area (Å²) >= 11 is 2.40. The minimum Gasteiger partial charge on any atom is -0.106 e. The lowest BCUT2D eigenvalue weighted by Gasteiger charge is -2.08. The van der Waals surface area contributed by atoms with Gasteiger partial charge in [0.1, 0.15) is 0 Å². The van der Waals surface area contributed by atoms with E-state index in [1.54, 1.807) is 0 Å². The standard InChI is InChI=1S/C18H15IP2/c19-18-11-16(21)9-10-17(18)14-3-1-12(2-4-14)13-5-7-15(20)8-6-13/h1-11H,20-21H2. The molecule has 3 aromatic rings. The Bertz CT molecular complexity index is 762. The van der Waals surface area contributed by atoms with Gasteiger partial charge in [-0.1, -0.05) is 60.7 Å². The Hall–Kier alpha value is -0.750. The highest BCUT2D eigenvalue weighted by Gasteiger charge is 2.04. The molecule has 0 aromatic heterocycles. The molecule has 2 unspecified atom stereocenters. The van der Waals surface area contributed by atoms with Crippen LogP contribution in [0.25, 0.3) is 22.3 Å². The van der Waals surface area contributed by atoms with E-state index in [9.17, 15) is 0 Å². The lowest BCUT2D eigenvalue weighted by Crippen LogP contribution is -1.93. The van der Waals surface area contributed by atoms with Crippen molar-refractivity contribution in [1.29, 1.82) is 0 Å². The summed E-state index contributed by atoms with van der Waals surface area (Å²) in [6, 6.07) is 23.8. The molecule has 3 aromatic carbocycles. The van der Waals surface area contributed by atoms with Crippen molar-refractivity contribution < 1.29 is 0 Å². The van der Waals surface area contributed by atoms with Crippen molar-refractivity contribution in [2.45, 2.75) is 0 Å². The zero-order chi connectivity index (χ0) is 14.8. The summed E-state index contributed by atoms with van der Waals surface area (Å²) in [6.45, 7) is 0. The number of hydrogen-bond donors (Lipinski definition) is 0. The van der Waals surface area contributed by atoms with Crippen molar-refractivity contribution in [3.8, 4) is 22.3 Å². The molecule has 0 saturated heterocycles. The Balaban J connectivity index is 1.95. The topological polar surface area (TPSA) is 0 Å². The first kappa shape index (κ1) is 15.2. The summed E-state index contributed by atoms with van der Waals surface area (Å²) < 4.78 is 1.28. The van der Waals surface area contributed by atoms with E-state index < -0.39 is 0 Å². The Morgan fingerprint density at radius 1 is 0.571 bits per heavy atom. The molecule has 0 N–H and O–H groups in total. The largest absolute Gasteiger partial charge is 0.106 e. The van der Waals surface area contributed by atoms with Gasteiger partial charge in [0.25, 0.3) is 0 Å². The highest BCUT2D eigenvalue weighted by atomic mass is 127. The van der Waals surface area contributed by atoms with Crippen LogP contribution in [0.15, 0.2) is 66.7 Å². The molecule has 0 heterocycles. The van der Waals surface area contributed by atoms with Crippen LogP contribution in [0.5, 0.6) is 0 Å². The van der Waals surface area contributed by atoms with Gasteiger partial charge in [0.15, 0.2) is 0 Å². The average Bonchev–Trinajstić information content (AvgIpc) is 2.48. The Morgan fingerprint density at radius 2 is 1.05 bits per heavy atom. The van der Waals surface area contributed by atoms with Gasteiger partial charge in [-0.3, -0.25) is 0 Å². The van der Waals surface area contributed by atoms with E-state index in [0.717, 1.165) is 0 Å². The second-order valence-electron chi connectivity index (χ2n) is 4.94. The minimum atomic E-state index is 1.21. The maximum Gasteiger partial charge on any atom is 0.0214 e. The van der Waals surface area contributed by atoms with Gasteiger partial charge in [0.05, 0.1) is 0 Å². The van der Waals surface area contributed by atoms with Crippen LogP contribution in [0.1, 0.15) is 0 Å². The molecule has 0 saturated carbocycles. The molecule has 0 nitrogen and oxygen atoms in total. The van der Waals surface area contributed by atoms with Gasteiger partial charge >= 0.3 is 0 Å². The van der Waals surface area contributed by atoms with Crippen molar-refractivity contribution in [3.05, 3.63) is 70.3 Å². The number of hydrogen-bond acceptors (Lipinski definition) is 0. The van der Waals surface area contributed by atoms with E-state index in [-0.39, 0.29) is 0 Å². The number of rotatable bonds is 2. The van der Waals surface area contributed by atoms with Crippen molar-refractivity contribution in [2.24, 2.45) is 0 Å². The number of halogens is 1. The first-order chi connectivity index (χ1) is 10.1. The molecular formula is C18H15IP2. The zero-order valence-electron chi connectivity index (χ0n) is 11.4. The summed E-state index contributed by atoms with van der Waals surface area (Å²) in [5, 5.41) is 2.43. The van der Waals surface area contributed by atoms with Crippen LogP contribution in [0.2, 0.25) is 0 Å². The fraction of sp³-hybridized carbons (Fsp3) is 0. The zero-order valence-corrected chi connectivity index (χ0v) is 15.9. The molecule has 0 aliphatic carbocycles. The van der Waals surface area contributed by atoms with Crippen LogP contribution in [0.4, 0.5) is 0 Å². The summed E-state index contributed by atoms with van der Waals surface area (Å²) in [7, 11) is 5.46. The first-order valence-electron chi connectivity index (χ1n) is 6.65. The van der Waals surface area contributed by atoms with Crippen LogP contribution in [0, 0.1) is 3.57 Å². The van der Waals surface area contributed by atoms with Gasteiger partial charge in [0, 0.05) is 3.57 Å². The van der Waals surface area contributed by atoms with Crippen molar-refractivity contribution in [2.75, 3.05) is 0 Å². The molecule has 3 heteroatoms. The third kappa shape index (κ3) is 3.54. The maximum absolute atomic E-state index is 2.74. The second-order valence-corrected chi connectivity index (χ2v) is 7.43. The molecule has 0 bridgehead atoms. The molecular weight excluding hydrogens is 405 g/mol. The predicted octanol–water partition coefficient (Wildman–Crippen LogP) is 4.63. The molecule has 0 fully saturated rings. The molecule has 2 atom stereocenters. The maximum atomic E-state index is 2.74. The van der Waals surface area contributed by atoms with Crippen molar-refractivity contribution >= 4 is 51.7 Å². The monoisotopic (exact) mass is 420 g/mol. The molecule has 104 valence electrons. The SMILES string of the molecule is Pc1ccc(-c2ccc(-c3ccc(P)cc3I)cc2)cc1. The van der Waals surface area contributed by atoms with Crippen LogP contribution in [0.3, 0.4) is 0 Å². The van der Waals surface area contributed by atoms with Crippen LogP contribution >= 0.6 is 41.1 Å². The molecule has 3 rings (SSSR count). The van der Waals surface area contributed by atoms with Gasteiger partial charge in [-0.05, 0) is 61.5 Å². The first-order valence-corrected chi connectivity index (χ1v) is 8.88. The van der Waals surface area contributed by atoms with E-state index in [2.05, 4.69) is 108 Å². The molecule has 0 aliphatic rings. The highest BCUT2D eigenvalue weighted by Crippen LogP contribution is 2.27.